The molecule has 1 unspecified atom stereocenters. The second-order valence-electron chi connectivity index (χ2n) is 9.01. The largest absolute Gasteiger partial charge is 0.502 e. The summed E-state index contributed by atoms with van der Waals surface area (Å²) < 4.78 is 31.3. The van der Waals surface area contributed by atoms with Gasteiger partial charge in [-0.15, -0.1) is 0 Å². The summed E-state index contributed by atoms with van der Waals surface area (Å²) in [5.41, 5.74) is 3.36. The van der Waals surface area contributed by atoms with Crippen LogP contribution in [-0.2, 0) is 27.7 Å². The van der Waals surface area contributed by atoms with Crippen LogP contribution in [0.3, 0.4) is 0 Å². The van der Waals surface area contributed by atoms with Gasteiger partial charge in [0.05, 0.1) is 31.5 Å². The van der Waals surface area contributed by atoms with Crippen molar-refractivity contribution in [2.24, 2.45) is 0 Å². The first-order valence-electron chi connectivity index (χ1n) is 12.0. The lowest BCUT2D eigenvalue weighted by molar-refractivity contribution is 0.0342. The van der Waals surface area contributed by atoms with E-state index in [4.69, 9.17) is 4.74 Å². The molecule has 1 aliphatic rings. The monoisotopic (exact) mass is 522 g/mol. The van der Waals surface area contributed by atoms with E-state index >= 15 is 0 Å². The molecule has 3 aromatic rings. The highest BCUT2D eigenvalue weighted by Crippen LogP contribution is 2.23. The number of aromatic hydroxyl groups is 1. The summed E-state index contributed by atoms with van der Waals surface area (Å²) >= 11 is 0. The lowest BCUT2D eigenvalue weighted by Gasteiger charge is -2.26. The molecule has 1 saturated heterocycles. The molecule has 1 aliphatic heterocycles. The summed E-state index contributed by atoms with van der Waals surface area (Å²) in [6.45, 7) is 4.45. The number of benzene rings is 2. The number of morpholine rings is 1. The number of nitrogens with zero attached hydrogens (tertiary/aromatic N) is 2. The second-order valence-corrected chi connectivity index (χ2v) is 10.8. The van der Waals surface area contributed by atoms with E-state index in [-0.39, 0.29) is 24.6 Å². The van der Waals surface area contributed by atoms with E-state index in [0.29, 0.717) is 0 Å². The van der Waals surface area contributed by atoms with Gasteiger partial charge >= 0.3 is 0 Å². The molecule has 0 bridgehead atoms. The summed E-state index contributed by atoms with van der Waals surface area (Å²) in [5.74, 6) is 5.53. The van der Waals surface area contributed by atoms with E-state index in [1.807, 2.05) is 36.4 Å². The third-order valence-corrected chi connectivity index (χ3v) is 6.82. The van der Waals surface area contributed by atoms with Gasteiger partial charge < -0.3 is 14.8 Å². The average Bonchev–Trinajstić information content (AvgIpc) is 2.89. The van der Waals surface area contributed by atoms with Crippen molar-refractivity contribution in [3.63, 3.8) is 0 Å². The molecule has 3 N–H and O–H groups in total. The lowest BCUT2D eigenvalue weighted by atomic mass is 9.93. The number of aromatic nitrogens is 2. The normalized spacial score (nSPS) is 15.1. The summed E-state index contributed by atoms with van der Waals surface area (Å²) in [6, 6.07) is 15.7. The zero-order valence-electron chi connectivity index (χ0n) is 20.6. The summed E-state index contributed by atoms with van der Waals surface area (Å²) in [7, 11) is -3.43. The molecule has 37 heavy (non-hydrogen) atoms. The first-order valence-corrected chi connectivity index (χ1v) is 13.9. The van der Waals surface area contributed by atoms with Crippen molar-refractivity contribution in [1.82, 2.24) is 19.6 Å². The van der Waals surface area contributed by atoms with Crippen LogP contribution in [0.1, 0.15) is 33.9 Å². The predicted molar refractivity (Wildman–Crippen MR) is 141 cm³/mol. The van der Waals surface area contributed by atoms with Gasteiger partial charge in [-0.05, 0) is 35.4 Å². The maximum Gasteiger partial charge on any atom is 0.293 e. The van der Waals surface area contributed by atoms with Crippen LogP contribution in [0.5, 0.6) is 5.75 Å². The molecule has 194 valence electrons. The van der Waals surface area contributed by atoms with Crippen molar-refractivity contribution in [3.8, 4) is 17.6 Å². The first-order chi connectivity index (χ1) is 17.8. The van der Waals surface area contributed by atoms with Gasteiger partial charge in [0.2, 0.25) is 15.8 Å². The van der Waals surface area contributed by atoms with Crippen LogP contribution >= 0.6 is 0 Å². The van der Waals surface area contributed by atoms with Gasteiger partial charge in [-0.3, -0.25) is 9.69 Å². The number of aromatic amines is 1. The number of nitrogens with one attached hydrogen (secondary N) is 2. The van der Waals surface area contributed by atoms with Crippen molar-refractivity contribution in [3.05, 3.63) is 93.2 Å². The van der Waals surface area contributed by atoms with E-state index in [0.717, 1.165) is 55.8 Å². The molecule has 0 spiro atoms. The molecule has 0 saturated carbocycles. The molecule has 1 aromatic heterocycles. The van der Waals surface area contributed by atoms with E-state index < -0.39 is 21.3 Å². The minimum atomic E-state index is -3.43. The zero-order chi connectivity index (χ0) is 26.3. The maximum atomic E-state index is 11.7. The van der Waals surface area contributed by atoms with Crippen molar-refractivity contribution in [2.45, 2.75) is 18.9 Å². The number of H-pyrrole nitrogens is 1. The Balaban J connectivity index is 1.45. The molecule has 0 amide bonds. The van der Waals surface area contributed by atoms with Crippen molar-refractivity contribution in [2.75, 3.05) is 39.1 Å². The average molecular weight is 523 g/mol. The standard InChI is InChI=1S/C27H30N4O5S/c1-37(34,35)30-17-24(16-25-26(32)27(33)29-19-28-25)23-10-8-21(9-11-23)3-2-20-4-6-22(7-5-20)18-31-12-14-36-15-13-31/h4-11,19,24,30,32H,12-18H2,1H3,(H,28,29,33). The topological polar surface area (TPSA) is 125 Å². The van der Waals surface area contributed by atoms with E-state index in [2.05, 4.69) is 43.6 Å². The molecule has 1 atom stereocenters. The van der Waals surface area contributed by atoms with Crippen LogP contribution in [0.2, 0.25) is 0 Å². The van der Waals surface area contributed by atoms with Crippen LogP contribution in [0.25, 0.3) is 0 Å². The van der Waals surface area contributed by atoms with Gasteiger partial charge in [-0.25, -0.2) is 18.1 Å². The van der Waals surface area contributed by atoms with Crippen LogP contribution in [0, 0.1) is 11.8 Å². The Hall–Kier alpha value is -3.49. The van der Waals surface area contributed by atoms with Crippen molar-refractivity contribution in [1.29, 1.82) is 0 Å². The van der Waals surface area contributed by atoms with Gasteiger partial charge in [0.15, 0.2) is 0 Å². The molecular formula is C27H30N4O5S. The van der Waals surface area contributed by atoms with Gasteiger partial charge in [0.1, 0.15) is 0 Å². The Labute approximate surface area is 216 Å². The molecule has 0 aliphatic carbocycles. The smallest absolute Gasteiger partial charge is 0.293 e. The summed E-state index contributed by atoms with van der Waals surface area (Å²) in [4.78, 5) is 20.5. The van der Waals surface area contributed by atoms with E-state index in [1.165, 1.54) is 11.9 Å². The molecule has 4 rings (SSSR count). The van der Waals surface area contributed by atoms with Crippen molar-refractivity contribution >= 4 is 10.0 Å². The molecular weight excluding hydrogens is 492 g/mol. The van der Waals surface area contributed by atoms with Gasteiger partial charge in [0.25, 0.3) is 5.56 Å². The molecule has 2 heterocycles. The van der Waals surface area contributed by atoms with Crippen LogP contribution in [-0.4, -0.2) is 67.5 Å². The number of sulfonamides is 1. The van der Waals surface area contributed by atoms with Crippen LogP contribution < -0.4 is 10.3 Å². The fraction of sp³-hybridized carbons (Fsp3) is 0.333. The van der Waals surface area contributed by atoms with Crippen LogP contribution in [0.4, 0.5) is 0 Å². The highest BCUT2D eigenvalue weighted by molar-refractivity contribution is 7.88. The van der Waals surface area contributed by atoms with Gasteiger partial charge in [-0.2, -0.15) is 0 Å². The number of hydrogen-bond donors (Lipinski definition) is 3. The lowest BCUT2D eigenvalue weighted by Crippen LogP contribution is -2.35. The number of hydrogen-bond acceptors (Lipinski definition) is 7. The third-order valence-electron chi connectivity index (χ3n) is 6.13. The molecule has 9 nitrogen and oxygen atoms in total. The minimum Gasteiger partial charge on any atom is -0.502 e. The Morgan fingerprint density at radius 2 is 1.70 bits per heavy atom. The fourth-order valence-corrected chi connectivity index (χ4v) is 4.57. The van der Waals surface area contributed by atoms with Crippen molar-refractivity contribution < 1.29 is 18.3 Å². The predicted octanol–water partition coefficient (Wildman–Crippen LogP) is 1.58. The third kappa shape index (κ3) is 8.00. The Kier molecular flexibility index (Phi) is 8.74. The zero-order valence-corrected chi connectivity index (χ0v) is 21.4. The highest BCUT2D eigenvalue weighted by Gasteiger charge is 2.18. The minimum absolute atomic E-state index is 0.0918. The SMILES string of the molecule is CS(=O)(=O)NCC(Cc1nc[nH]c(=O)c1O)c1ccc(C#Cc2ccc(CN3CCOCC3)cc2)cc1. The highest BCUT2D eigenvalue weighted by atomic mass is 32.2. The summed E-state index contributed by atoms with van der Waals surface area (Å²) in [5, 5.41) is 10.1. The van der Waals surface area contributed by atoms with Gasteiger partial charge in [-0.1, -0.05) is 36.1 Å². The molecule has 0 radical (unpaired) electrons. The van der Waals surface area contributed by atoms with E-state index in [1.54, 1.807) is 0 Å². The number of ether oxygens (including phenoxy) is 1. The Morgan fingerprint density at radius 3 is 2.32 bits per heavy atom. The Morgan fingerprint density at radius 1 is 1.08 bits per heavy atom. The van der Waals surface area contributed by atoms with E-state index in [9.17, 15) is 18.3 Å². The second kappa shape index (κ2) is 12.2. The molecule has 2 aromatic carbocycles. The first kappa shape index (κ1) is 26.6. The Bertz CT molecular complexity index is 1420. The quantitative estimate of drug-likeness (QED) is 0.384. The molecule has 10 heteroatoms. The maximum absolute atomic E-state index is 11.7. The summed E-state index contributed by atoms with van der Waals surface area (Å²) in [6.07, 6.45) is 2.48. The van der Waals surface area contributed by atoms with Gasteiger partial charge in [0, 0.05) is 49.6 Å². The fourth-order valence-electron chi connectivity index (χ4n) is 4.07. The molecule has 1 fully saturated rings. The number of rotatable bonds is 8. The van der Waals surface area contributed by atoms with Crippen LogP contribution in [0.15, 0.2) is 59.7 Å².